The first-order chi connectivity index (χ1) is 7.60. The SMILES string of the molecule is CCCC(NC1CCCCC1)C(C)(C)CC. The molecule has 1 fully saturated rings. The lowest BCUT2D eigenvalue weighted by molar-refractivity contribution is 0.187. The van der Waals surface area contributed by atoms with Crippen molar-refractivity contribution in [1.29, 1.82) is 0 Å². The van der Waals surface area contributed by atoms with Gasteiger partial charge in [-0.15, -0.1) is 0 Å². The summed E-state index contributed by atoms with van der Waals surface area (Å²) in [6, 6.07) is 1.52. The van der Waals surface area contributed by atoms with Gasteiger partial charge < -0.3 is 5.32 Å². The lowest BCUT2D eigenvalue weighted by Crippen LogP contribution is -2.47. The Balaban J connectivity index is 2.49. The summed E-state index contributed by atoms with van der Waals surface area (Å²) in [4.78, 5) is 0. The highest BCUT2D eigenvalue weighted by Crippen LogP contribution is 2.29. The van der Waals surface area contributed by atoms with Crippen molar-refractivity contribution < 1.29 is 0 Å². The van der Waals surface area contributed by atoms with E-state index in [0.29, 0.717) is 11.5 Å². The minimum Gasteiger partial charge on any atom is -0.311 e. The van der Waals surface area contributed by atoms with Crippen LogP contribution in [0.2, 0.25) is 0 Å². The van der Waals surface area contributed by atoms with Gasteiger partial charge in [-0.2, -0.15) is 0 Å². The molecule has 1 rings (SSSR count). The van der Waals surface area contributed by atoms with Gasteiger partial charge in [0.25, 0.3) is 0 Å². The summed E-state index contributed by atoms with van der Waals surface area (Å²) in [7, 11) is 0. The molecule has 0 saturated heterocycles. The molecular formula is C15H31N. The second-order valence-corrected chi connectivity index (χ2v) is 6.18. The predicted octanol–water partition coefficient (Wildman–Crippen LogP) is 4.51. The van der Waals surface area contributed by atoms with Crippen LogP contribution >= 0.6 is 0 Å². The van der Waals surface area contributed by atoms with Gasteiger partial charge in [-0.3, -0.25) is 0 Å². The van der Waals surface area contributed by atoms with Gasteiger partial charge in [-0.25, -0.2) is 0 Å². The molecule has 0 spiro atoms. The molecule has 1 saturated carbocycles. The van der Waals surface area contributed by atoms with Crippen LogP contribution in [0.3, 0.4) is 0 Å². The van der Waals surface area contributed by atoms with Crippen LogP contribution in [0.5, 0.6) is 0 Å². The highest BCUT2D eigenvalue weighted by Gasteiger charge is 2.29. The summed E-state index contributed by atoms with van der Waals surface area (Å²) >= 11 is 0. The lowest BCUT2D eigenvalue weighted by Gasteiger charge is -2.38. The molecule has 0 aromatic carbocycles. The van der Waals surface area contributed by atoms with Crippen LogP contribution in [0.1, 0.15) is 79.1 Å². The first-order valence-corrected chi connectivity index (χ1v) is 7.36. The van der Waals surface area contributed by atoms with Crippen LogP contribution in [-0.2, 0) is 0 Å². The standard InChI is InChI=1S/C15H31N/c1-5-10-14(15(3,4)6-2)16-13-11-8-7-9-12-13/h13-14,16H,5-12H2,1-4H3. The van der Waals surface area contributed by atoms with E-state index in [1.807, 2.05) is 0 Å². The van der Waals surface area contributed by atoms with Crippen molar-refractivity contribution in [3.63, 3.8) is 0 Å². The molecular weight excluding hydrogens is 194 g/mol. The van der Waals surface area contributed by atoms with E-state index in [2.05, 4.69) is 33.0 Å². The van der Waals surface area contributed by atoms with Gasteiger partial charge in [-0.1, -0.05) is 53.4 Å². The van der Waals surface area contributed by atoms with E-state index in [-0.39, 0.29) is 0 Å². The minimum absolute atomic E-state index is 0.452. The fourth-order valence-electron chi connectivity index (χ4n) is 2.79. The first kappa shape index (κ1) is 14.0. The number of hydrogen-bond donors (Lipinski definition) is 1. The summed E-state index contributed by atoms with van der Waals surface area (Å²) in [6.45, 7) is 9.47. The summed E-state index contributed by atoms with van der Waals surface area (Å²) in [5.74, 6) is 0. The second kappa shape index (κ2) is 6.64. The monoisotopic (exact) mass is 225 g/mol. The molecule has 1 aliphatic carbocycles. The summed E-state index contributed by atoms with van der Waals surface area (Å²) in [5, 5.41) is 3.95. The Labute approximate surface area is 102 Å². The normalized spacial score (nSPS) is 21.0. The molecule has 0 bridgehead atoms. The van der Waals surface area contributed by atoms with Crippen molar-refractivity contribution in [1.82, 2.24) is 5.32 Å². The Bertz CT molecular complexity index is 180. The van der Waals surface area contributed by atoms with Crippen molar-refractivity contribution >= 4 is 0 Å². The maximum atomic E-state index is 3.95. The zero-order valence-corrected chi connectivity index (χ0v) is 11.8. The van der Waals surface area contributed by atoms with Crippen molar-refractivity contribution in [3.8, 4) is 0 Å². The Morgan fingerprint density at radius 3 is 2.25 bits per heavy atom. The number of rotatable bonds is 6. The third-order valence-electron chi connectivity index (χ3n) is 4.47. The smallest absolute Gasteiger partial charge is 0.0121 e. The first-order valence-electron chi connectivity index (χ1n) is 7.36. The summed E-state index contributed by atoms with van der Waals surface area (Å²) in [6.07, 6.45) is 11.0. The molecule has 0 aliphatic heterocycles. The van der Waals surface area contributed by atoms with Gasteiger partial charge in [0, 0.05) is 12.1 Å². The van der Waals surface area contributed by atoms with Crippen LogP contribution < -0.4 is 5.32 Å². The molecule has 0 radical (unpaired) electrons. The van der Waals surface area contributed by atoms with Gasteiger partial charge in [0.1, 0.15) is 0 Å². The van der Waals surface area contributed by atoms with Gasteiger partial charge in [-0.05, 0) is 31.1 Å². The molecule has 1 nitrogen and oxygen atoms in total. The lowest BCUT2D eigenvalue weighted by atomic mass is 9.78. The number of nitrogens with one attached hydrogen (secondary N) is 1. The highest BCUT2D eigenvalue weighted by molar-refractivity contribution is 4.86. The van der Waals surface area contributed by atoms with Crippen LogP contribution in [0.4, 0.5) is 0 Å². The fraction of sp³-hybridized carbons (Fsp3) is 1.00. The predicted molar refractivity (Wildman–Crippen MR) is 72.8 cm³/mol. The number of hydrogen-bond acceptors (Lipinski definition) is 1. The molecule has 0 heterocycles. The average molecular weight is 225 g/mol. The Hall–Kier alpha value is -0.0400. The second-order valence-electron chi connectivity index (χ2n) is 6.18. The topological polar surface area (TPSA) is 12.0 Å². The van der Waals surface area contributed by atoms with E-state index < -0.39 is 0 Å². The minimum atomic E-state index is 0.452. The van der Waals surface area contributed by atoms with E-state index >= 15 is 0 Å². The Morgan fingerprint density at radius 1 is 1.12 bits per heavy atom. The summed E-state index contributed by atoms with van der Waals surface area (Å²) in [5.41, 5.74) is 0.452. The zero-order chi connectivity index (χ0) is 12.0. The van der Waals surface area contributed by atoms with E-state index in [1.54, 1.807) is 0 Å². The zero-order valence-electron chi connectivity index (χ0n) is 11.8. The Morgan fingerprint density at radius 2 is 1.75 bits per heavy atom. The quantitative estimate of drug-likeness (QED) is 0.701. The van der Waals surface area contributed by atoms with Crippen molar-refractivity contribution in [2.75, 3.05) is 0 Å². The molecule has 1 atom stereocenters. The van der Waals surface area contributed by atoms with Crippen LogP contribution in [-0.4, -0.2) is 12.1 Å². The van der Waals surface area contributed by atoms with Crippen LogP contribution in [0.25, 0.3) is 0 Å². The van der Waals surface area contributed by atoms with Gasteiger partial charge in [0.15, 0.2) is 0 Å². The van der Waals surface area contributed by atoms with Crippen LogP contribution in [0, 0.1) is 5.41 Å². The van der Waals surface area contributed by atoms with E-state index in [4.69, 9.17) is 0 Å². The van der Waals surface area contributed by atoms with Crippen molar-refractivity contribution in [3.05, 3.63) is 0 Å². The van der Waals surface area contributed by atoms with Gasteiger partial charge in [0.05, 0.1) is 0 Å². The largest absolute Gasteiger partial charge is 0.311 e. The molecule has 16 heavy (non-hydrogen) atoms. The Kier molecular flexibility index (Phi) is 5.82. The molecule has 1 N–H and O–H groups in total. The van der Waals surface area contributed by atoms with E-state index in [9.17, 15) is 0 Å². The molecule has 96 valence electrons. The van der Waals surface area contributed by atoms with Gasteiger partial charge >= 0.3 is 0 Å². The third-order valence-corrected chi connectivity index (χ3v) is 4.47. The van der Waals surface area contributed by atoms with E-state index in [0.717, 1.165) is 6.04 Å². The molecule has 1 unspecified atom stereocenters. The van der Waals surface area contributed by atoms with Gasteiger partial charge in [0.2, 0.25) is 0 Å². The van der Waals surface area contributed by atoms with Crippen molar-refractivity contribution in [2.45, 2.75) is 91.1 Å². The maximum Gasteiger partial charge on any atom is 0.0121 e. The van der Waals surface area contributed by atoms with Crippen LogP contribution in [0.15, 0.2) is 0 Å². The van der Waals surface area contributed by atoms with E-state index in [1.165, 1.54) is 51.4 Å². The molecule has 1 heteroatoms. The third kappa shape index (κ3) is 4.08. The molecule has 1 aliphatic rings. The maximum absolute atomic E-state index is 3.95. The molecule has 0 amide bonds. The fourth-order valence-corrected chi connectivity index (χ4v) is 2.79. The average Bonchev–Trinajstić information content (AvgIpc) is 2.30. The van der Waals surface area contributed by atoms with Crippen molar-refractivity contribution in [2.24, 2.45) is 5.41 Å². The highest BCUT2D eigenvalue weighted by atomic mass is 15.0. The summed E-state index contributed by atoms with van der Waals surface area (Å²) < 4.78 is 0. The molecule has 0 aromatic rings. The molecule has 0 aromatic heterocycles.